The van der Waals surface area contributed by atoms with E-state index in [-0.39, 0.29) is 5.04 Å². The van der Waals surface area contributed by atoms with Crippen molar-refractivity contribution in [3.63, 3.8) is 0 Å². The number of rotatable bonds is 3. The smallest absolute Gasteiger partial charge is 0.192 e. The molecule has 1 aromatic heterocycles. The van der Waals surface area contributed by atoms with Crippen LogP contribution in [0.3, 0.4) is 0 Å². The van der Waals surface area contributed by atoms with Gasteiger partial charge in [-0.3, -0.25) is 0 Å². The second-order valence-electron chi connectivity index (χ2n) is 6.70. The van der Waals surface area contributed by atoms with Crippen LogP contribution in [0.2, 0.25) is 18.1 Å². The van der Waals surface area contributed by atoms with Gasteiger partial charge in [-0.25, -0.2) is 0 Å². The Morgan fingerprint density at radius 3 is 2.37 bits per heavy atom. The van der Waals surface area contributed by atoms with Gasteiger partial charge >= 0.3 is 0 Å². The first-order valence-electron chi connectivity index (χ1n) is 6.83. The molecule has 0 amide bonds. The van der Waals surface area contributed by atoms with Crippen molar-refractivity contribution in [1.82, 2.24) is 0 Å². The number of hydrogen-bond acceptors (Lipinski definition) is 2. The maximum absolute atomic E-state index is 6.24. The molecule has 19 heavy (non-hydrogen) atoms. The number of furan rings is 1. The third-order valence-corrected chi connectivity index (χ3v) is 8.79. The lowest BCUT2D eigenvalue weighted by Crippen LogP contribution is -2.40. The Morgan fingerprint density at radius 1 is 1.16 bits per heavy atom. The molecule has 104 valence electrons. The minimum Gasteiger partial charge on any atom is -0.458 e. The van der Waals surface area contributed by atoms with Crippen molar-refractivity contribution in [2.24, 2.45) is 0 Å². The van der Waals surface area contributed by atoms with E-state index in [9.17, 15) is 0 Å². The first-order chi connectivity index (χ1) is 8.72. The molecule has 0 aliphatic heterocycles. The lowest BCUT2D eigenvalue weighted by atomic mass is 10.1. The van der Waals surface area contributed by atoms with Crippen LogP contribution in [0, 0.1) is 6.92 Å². The summed E-state index contributed by atoms with van der Waals surface area (Å²) in [6.07, 6.45) is 0. The molecule has 0 radical (unpaired) electrons. The lowest BCUT2D eigenvalue weighted by Gasteiger charge is -2.35. The Balaban J connectivity index is 2.21. The number of hydrogen-bond donors (Lipinski definition) is 0. The number of fused-ring (bicyclic) bond motifs is 1. The number of para-hydroxylation sites is 1. The van der Waals surface area contributed by atoms with E-state index in [1.165, 1.54) is 10.9 Å². The fourth-order valence-corrected chi connectivity index (χ4v) is 2.75. The molecule has 0 atom stereocenters. The highest BCUT2D eigenvalue weighted by molar-refractivity contribution is 6.74. The predicted molar refractivity (Wildman–Crippen MR) is 82.9 cm³/mol. The molecule has 1 heterocycles. The Hall–Kier alpha value is -1.06. The van der Waals surface area contributed by atoms with Gasteiger partial charge in [-0.15, -0.1) is 0 Å². The molecular formula is C16H24O2Si. The van der Waals surface area contributed by atoms with Crippen LogP contribution in [0.5, 0.6) is 0 Å². The van der Waals surface area contributed by atoms with Gasteiger partial charge in [0.1, 0.15) is 11.3 Å². The Kier molecular flexibility index (Phi) is 3.62. The summed E-state index contributed by atoms with van der Waals surface area (Å²) in [6.45, 7) is 14.0. The van der Waals surface area contributed by atoms with E-state index >= 15 is 0 Å². The molecule has 2 nitrogen and oxygen atoms in total. The van der Waals surface area contributed by atoms with Crippen molar-refractivity contribution in [2.45, 2.75) is 52.4 Å². The summed E-state index contributed by atoms with van der Waals surface area (Å²) < 4.78 is 12.1. The summed E-state index contributed by atoms with van der Waals surface area (Å²) in [5, 5.41) is 1.42. The summed E-state index contributed by atoms with van der Waals surface area (Å²) in [5.41, 5.74) is 2.16. The minimum absolute atomic E-state index is 0.229. The zero-order valence-corrected chi connectivity index (χ0v) is 13.8. The van der Waals surface area contributed by atoms with E-state index in [1.54, 1.807) is 0 Å². The highest BCUT2D eigenvalue weighted by atomic mass is 28.4. The van der Waals surface area contributed by atoms with Crippen molar-refractivity contribution < 1.29 is 8.84 Å². The van der Waals surface area contributed by atoms with Crippen molar-refractivity contribution in [3.05, 3.63) is 35.6 Å². The van der Waals surface area contributed by atoms with Gasteiger partial charge in [-0.1, -0.05) is 39.0 Å². The van der Waals surface area contributed by atoms with Crippen LogP contribution in [0.4, 0.5) is 0 Å². The van der Waals surface area contributed by atoms with Crippen molar-refractivity contribution >= 4 is 19.3 Å². The van der Waals surface area contributed by atoms with Gasteiger partial charge < -0.3 is 8.84 Å². The first kappa shape index (κ1) is 14.3. The van der Waals surface area contributed by atoms with Gasteiger partial charge in [0.2, 0.25) is 0 Å². The molecule has 0 aliphatic rings. The molecule has 0 N–H and O–H groups in total. The highest BCUT2D eigenvalue weighted by Crippen LogP contribution is 2.37. The second-order valence-corrected chi connectivity index (χ2v) is 11.5. The van der Waals surface area contributed by atoms with Gasteiger partial charge in [0.05, 0.1) is 6.61 Å². The van der Waals surface area contributed by atoms with Crippen LogP contribution in [0.15, 0.2) is 28.7 Å². The number of aryl methyl sites for hydroxylation is 1. The molecule has 3 heteroatoms. The topological polar surface area (TPSA) is 22.4 Å². The maximum atomic E-state index is 6.24. The lowest BCUT2D eigenvalue weighted by molar-refractivity contribution is 0.248. The molecule has 1 aromatic carbocycles. The molecule has 2 rings (SSSR count). The summed E-state index contributed by atoms with van der Waals surface area (Å²) in [4.78, 5) is 0. The standard InChI is InChI=1S/C16H24O2Si/c1-12-13-9-7-8-10-14(13)18-15(12)11-17-19(5,6)16(2,3)4/h7-10H,11H2,1-6H3. The zero-order valence-electron chi connectivity index (χ0n) is 12.8. The van der Waals surface area contributed by atoms with E-state index in [0.717, 1.165) is 11.3 Å². The summed E-state index contributed by atoms with van der Waals surface area (Å²) >= 11 is 0. The summed E-state index contributed by atoms with van der Waals surface area (Å²) in [5.74, 6) is 0.964. The van der Waals surface area contributed by atoms with E-state index in [4.69, 9.17) is 8.84 Å². The zero-order chi connectivity index (χ0) is 14.3. The highest BCUT2D eigenvalue weighted by Gasteiger charge is 2.37. The van der Waals surface area contributed by atoms with Crippen LogP contribution >= 0.6 is 0 Å². The molecule has 0 bridgehead atoms. The molecule has 0 saturated carbocycles. The monoisotopic (exact) mass is 276 g/mol. The van der Waals surface area contributed by atoms with Crippen LogP contribution in [0.25, 0.3) is 11.0 Å². The molecule has 0 saturated heterocycles. The van der Waals surface area contributed by atoms with Gasteiger partial charge in [-0.2, -0.15) is 0 Å². The van der Waals surface area contributed by atoms with Gasteiger partial charge in [-0.05, 0) is 31.1 Å². The normalized spacial score (nSPS) is 13.2. The van der Waals surface area contributed by atoms with Crippen molar-refractivity contribution in [2.75, 3.05) is 0 Å². The molecular weight excluding hydrogens is 252 g/mol. The van der Waals surface area contributed by atoms with E-state index in [2.05, 4.69) is 46.9 Å². The predicted octanol–water partition coefficient (Wildman–Crippen LogP) is 5.26. The van der Waals surface area contributed by atoms with E-state index in [0.29, 0.717) is 6.61 Å². The average molecular weight is 276 g/mol. The third-order valence-electron chi connectivity index (χ3n) is 4.31. The molecule has 0 unspecified atom stereocenters. The van der Waals surface area contributed by atoms with E-state index < -0.39 is 8.32 Å². The van der Waals surface area contributed by atoms with Crippen LogP contribution < -0.4 is 0 Å². The molecule has 0 aliphatic carbocycles. The van der Waals surface area contributed by atoms with E-state index in [1.807, 2.05) is 18.2 Å². The quantitative estimate of drug-likeness (QED) is 0.713. The molecule has 2 aromatic rings. The van der Waals surface area contributed by atoms with Crippen molar-refractivity contribution in [3.8, 4) is 0 Å². The van der Waals surface area contributed by atoms with Gasteiger partial charge in [0.15, 0.2) is 8.32 Å². The van der Waals surface area contributed by atoms with Crippen LogP contribution in [0.1, 0.15) is 32.1 Å². The molecule has 0 spiro atoms. The van der Waals surface area contributed by atoms with Crippen LogP contribution in [-0.2, 0) is 11.0 Å². The van der Waals surface area contributed by atoms with Crippen LogP contribution in [-0.4, -0.2) is 8.32 Å². The fourth-order valence-electron chi connectivity index (χ4n) is 1.83. The Labute approximate surface area is 116 Å². The van der Waals surface area contributed by atoms with Gasteiger partial charge in [0, 0.05) is 10.9 Å². The maximum Gasteiger partial charge on any atom is 0.192 e. The Morgan fingerprint density at radius 2 is 1.79 bits per heavy atom. The summed E-state index contributed by atoms with van der Waals surface area (Å²) in [7, 11) is -1.72. The first-order valence-corrected chi connectivity index (χ1v) is 9.74. The fraction of sp³-hybridized carbons (Fsp3) is 0.500. The number of benzene rings is 1. The largest absolute Gasteiger partial charge is 0.458 e. The average Bonchev–Trinajstić information content (AvgIpc) is 2.63. The minimum atomic E-state index is -1.72. The SMILES string of the molecule is Cc1c(CO[Si](C)(C)C(C)(C)C)oc2ccccc12. The second kappa shape index (κ2) is 4.80. The third kappa shape index (κ3) is 2.77. The Bertz CT molecular complexity index is 576. The summed E-state index contributed by atoms with van der Waals surface area (Å²) in [6, 6.07) is 8.16. The van der Waals surface area contributed by atoms with Crippen molar-refractivity contribution in [1.29, 1.82) is 0 Å². The molecule has 0 fully saturated rings. The van der Waals surface area contributed by atoms with Gasteiger partial charge in [0.25, 0.3) is 0 Å².